The molecule has 0 aliphatic rings. The van der Waals surface area contributed by atoms with Crippen molar-refractivity contribution in [2.75, 3.05) is 21.3 Å². The maximum absolute atomic E-state index is 13.7. The van der Waals surface area contributed by atoms with Crippen molar-refractivity contribution in [3.8, 4) is 11.5 Å². The molecule has 2 aromatic rings. The Bertz CT molecular complexity index is 743. The number of carbonyl (C=O) groups is 1. The van der Waals surface area contributed by atoms with Gasteiger partial charge in [-0.15, -0.1) is 0 Å². The lowest BCUT2D eigenvalue weighted by atomic mass is 10.1. The third kappa shape index (κ3) is 4.13. The van der Waals surface area contributed by atoms with E-state index in [2.05, 4.69) is 0 Å². The van der Waals surface area contributed by atoms with Crippen molar-refractivity contribution in [1.82, 2.24) is 4.90 Å². The molecule has 0 N–H and O–H groups in total. The standard InChI is InChI=1S/C19H20FNO3/c1-21(13-15-7-4-5-9-16(15)20)18(22)12-11-14-8-6-10-17(23-2)19(14)24-3/h4-12H,13H2,1-3H3/b12-11+. The van der Waals surface area contributed by atoms with Crippen LogP contribution in [-0.2, 0) is 11.3 Å². The van der Waals surface area contributed by atoms with Gasteiger partial charge in [0.1, 0.15) is 5.82 Å². The molecule has 0 bridgehead atoms. The smallest absolute Gasteiger partial charge is 0.246 e. The van der Waals surface area contributed by atoms with Gasteiger partial charge in [0.15, 0.2) is 11.5 Å². The van der Waals surface area contributed by atoms with Gasteiger partial charge in [-0.05, 0) is 18.2 Å². The zero-order chi connectivity index (χ0) is 17.5. The van der Waals surface area contributed by atoms with Crippen LogP contribution in [-0.4, -0.2) is 32.1 Å². The van der Waals surface area contributed by atoms with Crippen molar-refractivity contribution in [2.24, 2.45) is 0 Å². The van der Waals surface area contributed by atoms with Gasteiger partial charge >= 0.3 is 0 Å². The van der Waals surface area contributed by atoms with Crippen molar-refractivity contribution < 1.29 is 18.7 Å². The van der Waals surface area contributed by atoms with Crippen LogP contribution in [0.2, 0.25) is 0 Å². The Morgan fingerprint density at radius 1 is 1.12 bits per heavy atom. The highest BCUT2D eigenvalue weighted by Gasteiger charge is 2.10. The summed E-state index contributed by atoms with van der Waals surface area (Å²) in [6, 6.07) is 11.8. The molecule has 0 heterocycles. The topological polar surface area (TPSA) is 38.8 Å². The summed E-state index contributed by atoms with van der Waals surface area (Å²) in [6.07, 6.45) is 3.08. The third-order valence-electron chi connectivity index (χ3n) is 3.58. The average molecular weight is 329 g/mol. The summed E-state index contributed by atoms with van der Waals surface area (Å²) in [7, 11) is 4.72. The van der Waals surface area contributed by atoms with Crippen molar-refractivity contribution in [2.45, 2.75) is 6.54 Å². The lowest BCUT2D eigenvalue weighted by molar-refractivity contribution is -0.125. The van der Waals surface area contributed by atoms with E-state index in [1.807, 2.05) is 12.1 Å². The van der Waals surface area contributed by atoms with E-state index in [-0.39, 0.29) is 18.3 Å². The van der Waals surface area contributed by atoms with E-state index < -0.39 is 0 Å². The van der Waals surface area contributed by atoms with Gasteiger partial charge in [-0.25, -0.2) is 4.39 Å². The molecule has 0 saturated heterocycles. The zero-order valence-corrected chi connectivity index (χ0v) is 14.0. The molecule has 2 rings (SSSR count). The number of methoxy groups -OCH3 is 2. The number of carbonyl (C=O) groups excluding carboxylic acids is 1. The first-order chi connectivity index (χ1) is 11.6. The maximum Gasteiger partial charge on any atom is 0.246 e. The SMILES string of the molecule is COc1cccc(/C=C/C(=O)N(C)Cc2ccccc2F)c1OC. The lowest BCUT2D eigenvalue weighted by Gasteiger charge is -2.16. The van der Waals surface area contributed by atoms with Crippen molar-refractivity contribution in [1.29, 1.82) is 0 Å². The van der Waals surface area contributed by atoms with Crippen LogP contribution in [0.3, 0.4) is 0 Å². The molecule has 0 atom stereocenters. The minimum atomic E-state index is -0.324. The molecule has 0 saturated carbocycles. The second kappa shape index (κ2) is 8.15. The largest absolute Gasteiger partial charge is 0.493 e. The molecule has 0 radical (unpaired) electrons. The lowest BCUT2D eigenvalue weighted by Crippen LogP contribution is -2.24. The quantitative estimate of drug-likeness (QED) is 0.761. The summed E-state index contributed by atoms with van der Waals surface area (Å²) in [5.41, 5.74) is 1.20. The Morgan fingerprint density at radius 2 is 1.88 bits per heavy atom. The molecular formula is C19H20FNO3. The maximum atomic E-state index is 13.7. The van der Waals surface area contributed by atoms with Crippen LogP contribution >= 0.6 is 0 Å². The van der Waals surface area contributed by atoms with E-state index in [0.29, 0.717) is 17.1 Å². The summed E-state index contributed by atoms with van der Waals surface area (Å²) in [6.45, 7) is 0.199. The van der Waals surface area contributed by atoms with E-state index >= 15 is 0 Å². The molecule has 1 amide bonds. The summed E-state index contributed by atoms with van der Waals surface area (Å²) in [4.78, 5) is 13.7. The number of halogens is 1. The first-order valence-corrected chi connectivity index (χ1v) is 7.44. The summed E-state index contributed by atoms with van der Waals surface area (Å²) >= 11 is 0. The molecule has 0 fully saturated rings. The molecule has 2 aromatic carbocycles. The van der Waals surface area contributed by atoms with Crippen LogP contribution in [0.15, 0.2) is 48.5 Å². The van der Waals surface area contributed by atoms with Gasteiger partial charge in [0.2, 0.25) is 5.91 Å². The first-order valence-electron chi connectivity index (χ1n) is 7.44. The van der Waals surface area contributed by atoms with Gasteiger partial charge in [0.05, 0.1) is 14.2 Å². The number of amides is 1. The van der Waals surface area contributed by atoms with Gasteiger partial charge in [-0.2, -0.15) is 0 Å². The van der Waals surface area contributed by atoms with Gasteiger partial charge < -0.3 is 14.4 Å². The number of hydrogen-bond acceptors (Lipinski definition) is 3. The Hall–Kier alpha value is -2.82. The van der Waals surface area contributed by atoms with Crippen molar-refractivity contribution >= 4 is 12.0 Å². The number of para-hydroxylation sites is 1. The van der Waals surface area contributed by atoms with E-state index in [4.69, 9.17) is 9.47 Å². The van der Waals surface area contributed by atoms with Crippen molar-refractivity contribution in [3.63, 3.8) is 0 Å². The van der Waals surface area contributed by atoms with Gasteiger partial charge in [0, 0.05) is 30.8 Å². The molecule has 0 aliphatic carbocycles. The van der Waals surface area contributed by atoms with E-state index in [1.165, 1.54) is 17.0 Å². The first kappa shape index (κ1) is 17.5. The normalized spacial score (nSPS) is 10.7. The van der Waals surface area contributed by atoms with Crippen LogP contribution < -0.4 is 9.47 Å². The Kier molecular flexibility index (Phi) is 5.95. The van der Waals surface area contributed by atoms with Gasteiger partial charge in [-0.3, -0.25) is 4.79 Å². The highest BCUT2D eigenvalue weighted by atomic mass is 19.1. The summed E-state index contributed by atoms with van der Waals surface area (Å²) < 4.78 is 24.2. The number of benzene rings is 2. The number of nitrogens with zero attached hydrogens (tertiary/aromatic N) is 1. The fraction of sp³-hybridized carbons (Fsp3) is 0.211. The highest BCUT2D eigenvalue weighted by Crippen LogP contribution is 2.31. The minimum Gasteiger partial charge on any atom is -0.493 e. The summed E-state index contributed by atoms with van der Waals surface area (Å²) in [5.74, 6) is 0.589. The average Bonchev–Trinajstić information content (AvgIpc) is 2.60. The number of hydrogen-bond donors (Lipinski definition) is 0. The van der Waals surface area contributed by atoms with Crippen molar-refractivity contribution in [3.05, 3.63) is 65.5 Å². The third-order valence-corrected chi connectivity index (χ3v) is 3.58. The number of rotatable bonds is 6. The molecule has 0 unspecified atom stereocenters. The van der Waals surface area contributed by atoms with Crippen LogP contribution in [0, 0.1) is 5.82 Å². The molecule has 0 aliphatic heterocycles. The second-order valence-electron chi connectivity index (χ2n) is 5.20. The molecule has 4 nitrogen and oxygen atoms in total. The second-order valence-corrected chi connectivity index (χ2v) is 5.20. The molecule has 24 heavy (non-hydrogen) atoms. The highest BCUT2D eigenvalue weighted by molar-refractivity contribution is 5.92. The Balaban J connectivity index is 2.11. The van der Waals surface area contributed by atoms with Crippen LogP contribution in [0.25, 0.3) is 6.08 Å². The summed E-state index contributed by atoms with van der Waals surface area (Å²) in [5, 5.41) is 0. The predicted octanol–water partition coefficient (Wildman–Crippen LogP) is 3.51. The molecule has 0 spiro atoms. The fourth-order valence-corrected chi connectivity index (χ4v) is 2.29. The van der Waals surface area contributed by atoms with Crippen LogP contribution in [0.1, 0.15) is 11.1 Å². The molecule has 5 heteroatoms. The fourth-order valence-electron chi connectivity index (χ4n) is 2.29. The Morgan fingerprint density at radius 3 is 2.54 bits per heavy atom. The molecular weight excluding hydrogens is 309 g/mol. The Labute approximate surface area is 141 Å². The van der Waals surface area contributed by atoms with Crippen LogP contribution in [0.5, 0.6) is 11.5 Å². The number of likely N-dealkylation sites (N-methyl/N-ethyl adjacent to an activating group) is 1. The molecule has 0 aromatic heterocycles. The van der Waals surface area contributed by atoms with E-state index in [0.717, 1.165) is 5.56 Å². The zero-order valence-electron chi connectivity index (χ0n) is 14.0. The predicted molar refractivity (Wildman–Crippen MR) is 91.5 cm³/mol. The van der Waals surface area contributed by atoms with E-state index in [9.17, 15) is 9.18 Å². The van der Waals surface area contributed by atoms with Crippen LogP contribution in [0.4, 0.5) is 4.39 Å². The van der Waals surface area contributed by atoms with Gasteiger partial charge in [-0.1, -0.05) is 30.3 Å². The monoisotopic (exact) mass is 329 g/mol. The molecule has 126 valence electrons. The number of ether oxygens (including phenoxy) is 2. The van der Waals surface area contributed by atoms with E-state index in [1.54, 1.807) is 51.6 Å². The van der Waals surface area contributed by atoms with Gasteiger partial charge in [0.25, 0.3) is 0 Å². The minimum absolute atomic E-state index is 0.199.